The Morgan fingerprint density at radius 1 is 1.46 bits per heavy atom. The standard InChI is InChI=1S/C8H6ClN3O/c9-5-1-2-12-7(3-5)11-6(10)4-8(12)13/h1-4H,10H2. The molecule has 0 radical (unpaired) electrons. The van der Waals surface area contributed by atoms with Gasteiger partial charge in [0.05, 0.1) is 0 Å². The highest BCUT2D eigenvalue weighted by Crippen LogP contribution is 2.09. The highest BCUT2D eigenvalue weighted by atomic mass is 35.5. The summed E-state index contributed by atoms with van der Waals surface area (Å²) in [6.07, 6.45) is 1.56. The fraction of sp³-hybridized carbons (Fsp3) is 0. The molecule has 5 heteroatoms. The molecule has 0 spiro atoms. The fourth-order valence-corrected chi connectivity index (χ4v) is 1.25. The number of nitrogen functional groups attached to an aromatic ring is 1. The van der Waals surface area contributed by atoms with Gasteiger partial charge in [-0.3, -0.25) is 9.20 Å². The highest BCUT2D eigenvalue weighted by Gasteiger charge is 1.99. The molecular weight excluding hydrogens is 190 g/mol. The minimum absolute atomic E-state index is 0.201. The molecule has 2 aromatic heterocycles. The lowest BCUT2D eigenvalue weighted by Gasteiger charge is -2.00. The molecule has 0 aliphatic heterocycles. The molecule has 4 nitrogen and oxygen atoms in total. The van der Waals surface area contributed by atoms with Crippen molar-refractivity contribution in [3.63, 3.8) is 0 Å². The molecule has 0 unspecified atom stereocenters. The first-order valence-corrected chi connectivity index (χ1v) is 3.99. The number of fused-ring (bicyclic) bond motifs is 1. The van der Waals surface area contributed by atoms with Gasteiger partial charge in [-0.2, -0.15) is 0 Å². The number of nitrogens with zero attached hydrogens (tertiary/aromatic N) is 2. The van der Waals surface area contributed by atoms with Crippen LogP contribution in [-0.4, -0.2) is 9.38 Å². The second kappa shape index (κ2) is 2.74. The SMILES string of the molecule is Nc1cc(=O)n2ccc(Cl)cc2n1. The zero-order valence-electron chi connectivity index (χ0n) is 6.57. The van der Waals surface area contributed by atoms with Crippen LogP contribution in [0.2, 0.25) is 5.02 Å². The van der Waals surface area contributed by atoms with Crippen LogP contribution < -0.4 is 11.3 Å². The minimum Gasteiger partial charge on any atom is -0.383 e. The lowest BCUT2D eigenvalue weighted by Crippen LogP contribution is -2.14. The first kappa shape index (κ1) is 8.07. The maximum atomic E-state index is 11.3. The van der Waals surface area contributed by atoms with Gasteiger partial charge < -0.3 is 5.73 Å². The lowest BCUT2D eigenvalue weighted by atomic mass is 10.4. The minimum atomic E-state index is -0.209. The van der Waals surface area contributed by atoms with Crippen LogP contribution in [-0.2, 0) is 0 Å². The summed E-state index contributed by atoms with van der Waals surface area (Å²) in [4.78, 5) is 15.3. The molecule has 0 amide bonds. The van der Waals surface area contributed by atoms with E-state index in [9.17, 15) is 4.79 Å². The van der Waals surface area contributed by atoms with Crippen LogP contribution in [0.5, 0.6) is 0 Å². The second-order valence-electron chi connectivity index (χ2n) is 2.59. The quantitative estimate of drug-likeness (QED) is 0.680. The van der Waals surface area contributed by atoms with Crippen molar-refractivity contribution < 1.29 is 0 Å². The van der Waals surface area contributed by atoms with Gasteiger partial charge >= 0.3 is 0 Å². The maximum Gasteiger partial charge on any atom is 0.259 e. The Bertz CT molecular complexity index is 515. The average molecular weight is 196 g/mol. The molecule has 2 aromatic rings. The van der Waals surface area contributed by atoms with E-state index in [1.54, 1.807) is 18.3 Å². The smallest absolute Gasteiger partial charge is 0.259 e. The molecule has 0 saturated carbocycles. The van der Waals surface area contributed by atoms with E-state index in [2.05, 4.69) is 4.98 Å². The molecular formula is C8H6ClN3O. The van der Waals surface area contributed by atoms with E-state index in [-0.39, 0.29) is 11.4 Å². The van der Waals surface area contributed by atoms with Gasteiger partial charge in [-0.05, 0) is 6.07 Å². The van der Waals surface area contributed by atoms with Crippen LogP contribution in [0.3, 0.4) is 0 Å². The first-order valence-electron chi connectivity index (χ1n) is 3.61. The van der Waals surface area contributed by atoms with Crippen molar-refractivity contribution in [3.8, 4) is 0 Å². The van der Waals surface area contributed by atoms with Gasteiger partial charge in [-0.25, -0.2) is 4.98 Å². The largest absolute Gasteiger partial charge is 0.383 e. The van der Waals surface area contributed by atoms with Gasteiger partial charge in [-0.1, -0.05) is 11.6 Å². The van der Waals surface area contributed by atoms with E-state index < -0.39 is 0 Å². The predicted molar refractivity (Wildman–Crippen MR) is 50.9 cm³/mol. The third kappa shape index (κ3) is 1.36. The third-order valence-corrected chi connectivity index (χ3v) is 1.88. The van der Waals surface area contributed by atoms with Gasteiger partial charge in [0.2, 0.25) is 0 Å². The summed E-state index contributed by atoms with van der Waals surface area (Å²) in [5, 5.41) is 0.525. The Morgan fingerprint density at radius 3 is 3.00 bits per heavy atom. The van der Waals surface area contributed by atoms with Crippen LogP contribution in [0.4, 0.5) is 5.82 Å². The summed E-state index contributed by atoms with van der Waals surface area (Å²) < 4.78 is 1.38. The number of pyridine rings is 1. The number of nitrogens with two attached hydrogens (primary N) is 1. The van der Waals surface area contributed by atoms with E-state index in [1.807, 2.05) is 0 Å². The van der Waals surface area contributed by atoms with Crippen molar-refractivity contribution in [3.05, 3.63) is 39.8 Å². The topological polar surface area (TPSA) is 60.4 Å². The summed E-state index contributed by atoms with van der Waals surface area (Å²) >= 11 is 5.73. The zero-order valence-corrected chi connectivity index (χ0v) is 7.32. The van der Waals surface area contributed by atoms with E-state index in [4.69, 9.17) is 17.3 Å². The third-order valence-electron chi connectivity index (χ3n) is 1.65. The van der Waals surface area contributed by atoms with E-state index in [0.29, 0.717) is 10.7 Å². The van der Waals surface area contributed by atoms with Crippen LogP contribution in [0, 0.1) is 0 Å². The van der Waals surface area contributed by atoms with E-state index in [0.717, 1.165) is 0 Å². The van der Waals surface area contributed by atoms with Crippen LogP contribution >= 0.6 is 11.6 Å². The molecule has 0 aliphatic carbocycles. The summed E-state index contributed by atoms with van der Waals surface area (Å²) in [6.45, 7) is 0. The monoisotopic (exact) mass is 195 g/mol. The van der Waals surface area contributed by atoms with Crippen LogP contribution in [0.15, 0.2) is 29.2 Å². The maximum absolute atomic E-state index is 11.3. The molecule has 0 atom stereocenters. The molecule has 0 aromatic carbocycles. The molecule has 0 bridgehead atoms. The number of rotatable bonds is 0. The lowest BCUT2D eigenvalue weighted by molar-refractivity contribution is 1.05. The fourth-order valence-electron chi connectivity index (χ4n) is 1.10. The Kier molecular flexibility index (Phi) is 1.70. The number of hydrogen-bond acceptors (Lipinski definition) is 3. The normalized spacial score (nSPS) is 10.5. The van der Waals surface area contributed by atoms with E-state index >= 15 is 0 Å². The summed E-state index contributed by atoms with van der Waals surface area (Å²) in [7, 11) is 0. The second-order valence-corrected chi connectivity index (χ2v) is 3.03. The molecule has 66 valence electrons. The van der Waals surface area contributed by atoms with Crippen LogP contribution in [0.25, 0.3) is 5.65 Å². The van der Waals surface area contributed by atoms with Gasteiger partial charge in [0.1, 0.15) is 11.5 Å². The van der Waals surface area contributed by atoms with Crippen molar-refractivity contribution in [2.24, 2.45) is 0 Å². The van der Waals surface area contributed by atoms with Crippen molar-refractivity contribution in [1.82, 2.24) is 9.38 Å². The molecule has 2 heterocycles. The molecule has 0 saturated heterocycles. The summed E-state index contributed by atoms with van der Waals surface area (Å²) in [5.41, 5.74) is 5.65. The van der Waals surface area contributed by atoms with Crippen molar-refractivity contribution in [2.45, 2.75) is 0 Å². The van der Waals surface area contributed by atoms with Gasteiger partial charge in [-0.15, -0.1) is 0 Å². The van der Waals surface area contributed by atoms with Gasteiger partial charge in [0.25, 0.3) is 5.56 Å². The van der Waals surface area contributed by atoms with Crippen molar-refractivity contribution in [1.29, 1.82) is 0 Å². The number of hydrogen-bond donors (Lipinski definition) is 1. The van der Waals surface area contributed by atoms with Crippen molar-refractivity contribution in [2.75, 3.05) is 5.73 Å². The Hall–Kier alpha value is -1.55. The molecule has 2 rings (SSSR count). The zero-order chi connectivity index (χ0) is 9.42. The number of aromatic nitrogens is 2. The highest BCUT2D eigenvalue weighted by molar-refractivity contribution is 6.30. The summed E-state index contributed by atoms with van der Waals surface area (Å²) in [6, 6.07) is 4.47. The summed E-state index contributed by atoms with van der Waals surface area (Å²) in [5.74, 6) is 0.201. The molecule has 0 fully saturated rings. The Balaban J connectivity index is 2.95. The average Bonchev–Trinajstić information content (AvgIpc) is 2.02. The van der Waals surface area contributed by atoms with Gasteiger partial charge in [0, 0.05) is 23.4 Å². The number of halogens is 1. The Labute approximate surface area is 78.6 Å². The molecule has 2 N–H and O–H groups in total. The molecule has 0 aliphatic rings. The van der Waals surface area contributed by atoms with E-state index in [1.165, 1.54) is 10.5 Å². The molecule has 13 heavy (non-hydrogen) atoms. The first-order chi connectivity index (χ1) is 6.16. The van der Waals surface area contributed by atoms with Crippen LogP contribution in [0.1, 0.15) is 0 Å². The van der Waals surface area contributed by atoms with Gasteiger partial charge in [0.15, 0.2) is 0 Å². The Morgan fingerprint density at radius 2 is 2.23 bits per heavy atom. The number of anilines is 1. The van der Waals surface area contributed by atoms with Crippen molar-refractivity contribution >= 4 is 23.1 Å². The predicted octanol–water partition coefficient (Wildman–Crippen LogP) is 0.930.